The van der Waals surface area contributed by atoms with Gasteiger partial charge in [0.05, 0.1) is 17.9 Å². The maximum absolute atomic E-state index is 13.5. The van der Waals surface area contributed by atoms with Crippen molar-refractivity contribution in [1.29, 1.82) is 0 Å². The fourth-order valence-electron chi connectivity index (χ4n) is 6.85. The second kappa shape index (κ2) is 11.9. The van der Waals surface area contributed by atoms with Crippen LogP contribution < -0.4 is 0 Å². The fourth-order valence-corrected chi connectivity index (χ4v) is 6.85. The molecular weight excluding hydrogens is 489 g/mol. The van der Waals surface area contributed by atoms with E-state index in [2.05, 4.69) is 19.1 Å². The molecular formula is C32H38BNO5. The number of imide groups is 1. The minimum absolute atomic E-state index is 0.0472. The fraction of sp³-hybridized carbons (Fsp3) is 0.438. The number of para-hydroxylation sites is 1. The van der Waals surface area contributed by atoms with Crippen LogP contribution in [0.15, 0.2) is 65.7 Å². The zero-order valence-electron chi connectivity index (χ0n) is 22.9. The molecule has 6 nitrogen and oxygen atoms in total. The molecule has 2 aromatic carbocycles. The van der Waals surface area contributed by atoms with Crippen molar-refractivity contribution in [2.24, 2.45) is 17.8 Å². The van der Waals surface area contributed by atoms with E-state index in [1.807, 2.05) is 43.3 Å². The van der Waals surface area contributed by atoms with Crippen LogP contribution in [0.3, 0.4) is 0 Å². The van der Waals surface area contributed by atoms with Crippen LogP contribution in [0.4, 0.5) is 0 Å². The largest absolute Gasteiger partial charge is 0.507 e. The summed E-state index contributed by atoms with van der Waals surface area (Å²) in [6.07, 6.45) is 6.46. The molecule has 5 rings (SSSR count). The number of aromatic hydroxyl groups is 1. The van der Waals surface area contributed by atoms with Crippen molar-refractivity contribution in [3.8, 4) is 5.75 Å². The van der Waals surface area contributed by atoms with E-state index in [4.69, 9.17) is 4.65 Å². The summed E-state index contributed by atoms with van der Waals surface area (Å²) in [4.78, 5) is 28.2. The maximum atomic E-state index is 13.5. The number of carbonyl (C=O) groups excluding carboxylic acids is 2. The van der Waals surface area contributed by atoms with Crippen molar-refractivity contribution < 1.29 is 24.4 Å². The van der Waals surface area contributed by atoms with Gasteiger partial charge < -0.3 is 14.8 Å². The monoisotopic (exact) mass is 527 g/mol. The average molecular weight is 527 g/mol. The molecule has 0 spiro atoms. The summed E-state index contributed by atoms with van der Waals surface area (Å²) < 4.78 is 6.19. The van der Waals surface area contributed by atoms with Gasteiger partial charge in [0.25, 0.3) is 0 Å². The number of likely N-dealkylation sites (tertiary alicyclic amines) is 1. The van der Waals surface area contributed by atoms with Gasteiger partial charge in [0.15, 0.2) is 0 Å². The lowest BCUT2D eigenvalue weighted by Gasteiger charge is -2.43. The van der Waals surface area contributed by atoms with Crippen molar-refractivity contribution in [3.05, 3.63) is 76.9 Å². The number of phenols is 1. The highest BCUT2D eigenvalue weighted by molar-refractivity contribution is 6.43. The Morgan fingerprint density at radius 2 is 1.77 bits per heavy atom. The van der Waals surface area contributed by atoms with E-state index >= 15 is 0 Å². The van der Waals surface area contributed by atoms with E-state index in [1.54, 1.807) is 12.1 Å². The molecule has 2 saturated heterocycles. The Bertz CT molecular complexity index is 1270. The zero-order chi connectivity index (χ0) is 27.5. The Morgan fingerprint density at radius 3 is 2.49 bits per heavy atom. The van der Waals surface area contributed by atoms with Crippen molar-refractivity contribution >= 4 is 30.6 Å². The van der Waals surface area contributed by atoms with Crippen LogP contribution in [0.1, 0.15) is 63.5 Å². The molecule has 2 aromatic rings. The lowest BCUT2D eigenvalue weighted by atomic mass is 9.58. The van der Waals surface area contributed by atoms with Crippen LogP contribution >= 0.6 is 0 Å². The number of benzene rings is 2. The first-order chi connectivity index (χ1) is 18.9. The number of amides is 2. The Labute approximate surface area is 231 Å². The van der Waals surface area contributed by atoms with Crippen molar-refractivity contribution in [3.63, 3.8) is 0 Å². The van der Waals surface area contributed by atoms with Gasteiger partial charge in [-0.1, -0.05) is 74.4 Å². The molecule has 0 bridgehead atoms. The Balaban J connectivity index is 1.48. The summed E-state index contributed by atoms with van der Waals surface area (Å²) in [5, 5.41) is 21.3. The third kappa shape index (κ3) is 5.48. The Hall–Kier alpha value is -3.16. The molecule has 2 N–H and O–H groups in total. The van der Waals surface area contributed by atoms with E-state index in [1.165, 1.54) is 10.5 Å². The summed E-state index contributed by atoms with van der Waals surface area (Å²) >= 11 is 0. The number of hydrogen-bond acceptors (Lipinski definition) is 5. The van der Waals surface area contributed by atoms with Crippen LogP contribution in [0, 0.1) is 17.8 Å². The lowest BCUT2D eigenvalue weighted by Crippen LogP contribution is -2.46. The standard InChI is InChI=1S/C32H38BNO5/c1-3-10-24-19-25-30(32(37)34(17-4-2)31(25)36)26-20-33(38)39-28(29(24)26)16-15-22(21-11-6-5-7-12-21)18-23-13-8-9-14-27(23)35/h5-9,11-14,18,25-26,28,30,35,38H,3-4,10,15-17,19-20H2,1-2H3/b22-18-/t25-,26+,28-,30-/m1/s1. The van der Waals surface area contributed by atoms with Gasteiger partial charge in [-0.05, 0) is 73.2 Å². The SMILES string of the molecule is CCCC1=C2[C@@H](CC/C(=C/c3ccccc3O)c3ccccc3)OB(O)C[C@@H]2[C@@H]2C(=O)N(CCC)C(=O)[C@@H]2C1. The van der Waals surface area contributed by atoms with Gasteiger partial charge in [0, 0.05) is 12.1 Å². The Kier molecular flexibility index (Phi) is 8.38. The second-order valence-electron chi connectivity index (χ2n) is 11.0. The topological polar surface area (TPSA) is 87.1 Å². The number of nitrogens with zero attached hydrogens (tertiary/aromatic N) is 1. The van der Waals surface area contributed by atoms with Crippen molar-refractivity contribution in [1.82, 2.24) is 4.90 Å². The first-order valence-electron chi connectivity index (χ1n) is 14.4. The first-order valence-corrected chi connectivity index (χ1v) is 14.4. The summed E-state index contributed by atoms with van der Waals surface area (Å²) in [7, 11) is -0.976. The molecule has 2 amide bonds. The maximum Gasteiger partial charge on any atom is 0.455 e. The summed E-state index contributed by atoms with van der Waals surface area (Å²) in [6, 6.07) is 17.4. The van der Waals surface area contributed by atoms with Crippen molar-refractivity contribution in [2.45, 2.75) is 64.8 Å². The molecule has 7 heteroatoms. The molecule has 2 fully saturated rings. The van der Waals surface area contributed by atoms with Crippen molar-refractivity contribution in [2.75, 3.05) is 6.54 Å². The average Bonchev–Trinajstić information content (AvgIpc) is 3.17. The van der Waals surface area contributed by atoms with Gasteiger partial charge in [-0.3, -0.25) is 14.5 Å². The number of rotatable bonds is 9. The third-order valence-corrected chi connectivity index (χ3v) is 8.49. The molecule has 1 aliphatic carbocycles. The van der Waals surface area contributed by atoms with Crippen LogP contribution in [0.25, 0.3) is 11.6 Å². The quantitative estimate of drug-likeness (QED) is 0.189. The normalized spacial score (nSPS) is 25.3. The molecule has 3 aliphatic rings. The smallest absolute Gasteiger partial charge is 0.455 e. The van der Waals surface area contributed by atoms with Gasteiger partial charge in [-0.15, -0.1) is 0 Å². The number of fused-ring (bicyclic) bond motifs is 3. The van der Waals surface area contributed by atoms with Gasteiger partial charge in [-0.25, -0.2) is 0 Å². The minimum Gasteiger partial charge on any atom is -0.507 e. The third-order valence-electron chi connectivity index (χ3n) is 8.49. The first kappa shape index (κ1) is 27.4. The molecule has 204 valence electrons. The summed E-state index contributed by atoms with van der Waals surface area (Å²) in [6.45, 7) is 4.57. The molecule has 0 aromatic heterocycles. The van der Waals surface area contributed by atoms with E-state index < -0.39 is 13.0 Å². The number of phenolic OH excluding ortho intramolecular Hbond substituents is 1. The molecule has 2 aliphatic heterocycles. The molecule has 2 heterocycles. The molecule has 0 unspecified atom stereocenters. The molecule has 0 saturated carbocycles. The summed E-state index contributed by atoms with van der Waals surface area (Å²) in [5.41, 5.74) is 5.23. The van der Waals surface area contributed by atoms with Crippen LogP contribution in [0.5, 0.6) is 5.75 Å². The van der Waals surface area contributed by atoms with Crippen LogP contribution in [-0.2, 0) is 14.2 Å². The highest BCUT2D eigenvalue weighted by Gasteiger charge is 2.56. The van der Waals surface area contributed by atoms with Gasteiger partial charge in [-0.2, -0.15) is 0 Å². The molecule has 4 atom stereocenters. The van der Waals surface area contributed by atoms with E-state index in [-0.39, 0.29) is 35.5 Å². The van der Waals surface area contributed by atoms with E-state index in [0.29, 0.717) is 32.1 Å². The van der Waals surface area contributed by atoms with E-state index in [0.717, 1.165) is 41.5 Å². The zero-order valence-corrected chi connectivity index (χ0v) is 22.9. The minimum atomic E-state index is -0.976. The van der Waals surface area contributed by atoms with Gasteiger partial charge >= 0.3 is 7.12 Å². The van der Waals surface area contributed by atoms with Crippen LogP contribution in [-0.4, -0.2) is 46.6 Å². The highest BCUT2D eigenvalue weighted by Crippen LogP contribution is 2.51. The van der Waals surface area contributed by atoms with Gasteiger partial charge in [0.2, 0.25) is 11.8 Å². The van der Waals surface area contributed by atoms with Gasteiger partial charge in [0.1, 0.15) is 5.75 Å². The summed E-state index contributed by atoms with van der Waals surface area (Å²) in [5.74, 6) is -0.823. The number of carbonyl (C=O) groups is 2. The number of hydrogen-bond donors (Lipinski definition) is 2. The predicted octanol–water partition coefficient (Wildman–Crippen LogP) is 5.72. The number of allylic oxidation sites excluding steroid dienone is 2. The van der Waals surface area contributed by atoms with Crippen LogP contribution in [0.2, 0.25) is 6.32 Å². The van der Waals surface area contributed by atoms with E-state index in [9.17, 15) is 19.7 Å². The highest BCUT2D eigenvalue weighted by atomic mass is 16.5. The predicted molar refractivity (Wildman–Crippen MR) is 153 cm³/mol. The second-order valence-corrected chi connectivity index (χ2v) is 11.0. The molecule has 39 heavy (non-hydrogen) atoms. The Morgan fingerprint density at radius 1 is 1.03 bits per heavy atom. The lowest BCUT2D eigenvalue weighted by molar-refractivity contribution is -0.140. The molecule has 0 radical (unpaired) electrons.